The number of halogens is 3. The fourth-order valence-corrected chi connectivity index (χ4v) is 4.18. The lowest BCUT2D eigenvalue weighted by molar-refractivity contribution is -0.210. The van der Waals surface area contributed by atoms with Crippen LogP contribution in [-0.4, -0.2) is 82.1 Å². The molecule has 4 heterocycles. The lowest BCUT2D eigenvalue weighted by Gasteiger charge is -2.41. The molecule has 5 rings (SSSR count). The molecule has 4 aromatic rings. The van der Waals surface area contributed by atoms with Crippen molar-refractivity contribution in [3.8, 4) is 22.8 Å². The van der Waals surface area contributed by atoms with Gasteiger partial charge in [0, 0.05) is 17.8 Å². The fraction of sp³-hybridized carbons (Fsp3) is 0.318. The first-order chi connectivity index (χ1) is 17.8. The van der Waals surface area contributed by atoms with Gasteiger partial charge in [-0.15, -0.1) is 15.3 Å². The molecular weight excluding hydrogens is 499 g/mol. The van der Waals surface area contributed by atoms with E-state index in [4.69, 9.17) is 9.47 Å². The van der Waals surface area contributed by atoms with Crippen LogP contribution in [0.4, 0.5) is 13.2 Å². The first-order valence-electron chi connectivity index (χ1n) is 10.9. The Morgan fingerprint density at radius 3 is 2.54 bits per heavy atom. The molecule has 0 bridgehead atoms. The SMILES string of the molecule is COc1cc(-n2cnnc2[C@@H]2O[C@H](CO)[C@H](O)[C@H](n3cc(-c4cc(F)c(F)c(F)c4)nn3)[C@H]2O)ccn1. The van der Waals surface area contributed by atoms with Crippen LogP contribution in [0.1, 0.15) is 18.0 Å². The highest BCUT2D eigenvalue weighted by Gasteiger charge is 2.48. The van der Waals surface area contributed by atoms with Gasteiger partial charge in [-0.25, -0.2) is 22.8 Å². The Morgan fingerprint density at radius 2 is 1.84 bits per heavy atom. The van der Waals surface area contributed by atoms with Crippen molar-refractivity contribution in [2.75, 3.05) is 13.7 Å². The predicted octanol–water partition coefficient (Wildman–Crippen LogP) is 0.742. The molecule has 0 radical (unpaired) electrons. The van der Waals surface area contributed by atoms with Gasteiger partial charge in [-0.2, -0.15) is 0 Å². The van der Waals surface area contributed by atoms with Gasteiger partial charge in [0.25, 0.3) is 0 Å². The second-order valence-electron chi connectivity index (χ2n) is 8.20. The van der Waals surface area contributed by atoms with Gasteiger partial charge in [0.1, 0.15) is 42.5 Å². The molecule has 15 heteroatoms. The molecule has 12 nitrogen and oxygen atoms in total. The van der Waals surface area contributed by atoms with E-state index >= 15 is 0 Å². The molecule has 1 aromatic carbocycles. The smallest absolute Gasteiger partial charge is 0.215 e. The number of aliphatic hydroxyl groups excluding tert-OH is 3. The average Bonchev–Trinajstić information content (AvgIpc) is 3.58. The molecular formula is C22H20F3N7O5. The number of ether oxygens (including phenoxy) is 2. The van der Waals surface area contributed by atoms with Crippen molar-refractivity contribution in [1.29, 1.82) is 0 Å². The van der Waals surface area contributed by atoms with Crippen LogP contribution in [0, 0.1) is 17.5 Å². The van der Waals surface area contributed by atoms with E-state index < -0.39 is 54.5 Å². The Labute approximate surface area is 206 Å². The number of methoxy groups -OCH3 is 1. The Bertz CT molecular complexity index is 1390. The molecule has 0 spiro atoms. The zero-order chi connectivity index (χ0) is 26.3. The predicted molar refractivity (Wildman–Crippen MR) is 117 cm³/mol. The number of aliphatic hydroxyl groups is 3. The highest BCUT2D eigenvalue weighted by molar-refractivity contribution is 5.58. The van der Waals surface area contributed by atoms with Crippen LogP contribution in [-0.2, 0) is 4.74 Å². The van der Waals surface area contributed by atoms with E-state index in [2.05, 4.69) is 25.5 Å². The summed E-state index contributed by atoms with van der Waals surface area (Å²) in [6.45, 7) is -0.617. The Hall–Kier alpha value is -3.92. The number of hydrogen-bond acceptors (Lipinski definition) is 10. The number of pyridine rings is 1. The zero-order valence-electron chi connectivity index (χ0n) is 19.1. The van der Waals surface area contributed by atoms with Gasteiger partial charge >= 0.3 is 0 Å². The summed E-state index contributed by atoms with van der Waals surface area (Å²) < 4.78 is 54.3. The van der Waals surface area contributed by atoms with Crippen LogP contribution in [0.3, 0.4) is 0 Å². The Balaban J connectivity index is 1.51. The minimum atomic E-state index is -1.63. The highest BCUT2D eigenvalue weighted by Crippen LogP contribution is 2.38. The zero-order valence-corrected chi connectivity index (χ0v) is 19.1. The molecule has 1 aliphatic heterocycles. The van der Waals surface area contributed by atoms with Gasteiger partial charge in [-0.1, -0.05) is 5.21 Å². The van der Waals surface area contributed by atoms with E-state index in [-0.39, 0.29) is 17.1 Å². The molecule has 1 aliphatic rings. The van der Waals surface area contributed by atoms with E-state index in [1.807, 2.05) is 0 Å². The van der Waals surface area contributed by atoms with E-state index in [0.717, 1.165) is 16.8 Å². The largest absolute Gasteiger partial charge is 0.481 e. The summed E-state index contributed by atoms with van der Waals surface area (Å²) in [5.41, 5.74) is 0.377. The van der Waals surface area contributed by atoms with Crippen molar-refractivity contribution >= 4 is 0 Å². The average molecular weight is 519 g/mol. The summed E-state index contributed by atoms with van der Waals surface area (Å²) >= 11 is 0. The maximum absolute atomic E-state index is 13.7. The Morgan fingerprint density at radius 1 is 1.08 bits per heavy atom. The molecule has 5 atom stereocenters. The van der Waals surface area contributed by atoms with E-state index in [9.17, 15) is 28.5 Å². The highest BCUT2D eigenvalue weighted by atomic mass is 19.2. The van der Waals surface area contributed by atoms with Crippen LogP contribution < -0.4 is 4.74 Å². The molecule has 3 N–H and O–H groups in total. The molecule has 0 aliphatic carbocycles. The van der Waals surface area contributed by atoms with Crippen molar-refractivity contribution in [2.45, 2.75) is 30.5 Å². The summed E-state index contributed by atoms with van der Waals surface area (Å²) in [4.78, 5) is 4.05. The number of rotatable bonds is 6. The summed E-state index contributed by atoms with van der Waals surface area (Å²) in [6, 6.07) is 3.50. The summed E-state index contributed by atoms with van der Waals surface area (Å²) in [5.74, 6) is -4.01. The summed E-state index contributed by atoms with van der Waals surface area (Å²) in [7, 11) is 1.45. The van der Waals surface area contributed by atoms with E-state index in [0.29, 0.717) is 11.6 Å². The first-order valence-corrected chi connectivity index (χ1v) is 10.9. The van der Waals surface area contributed by atoms with Crippen LogP contribution >= 0.6 is 0 Å². The molecule has 37 heavy (non-hydrogen) atoms. The normalized spacial score (nSPS) is 23.8. The minimum Gasteiger partial charge on any atom is -0.481 e. The lowest BCUT2D eigenvalue weighted by Crippen LogP contribution is -2.53. The number of benzene rings is 1. The van der Waals surface area contributed by atoms with Crippen molar-refractivity contribution in [3.63, 3.8) is 0 Å². The second kappa shape index (κ2) is 9.85. The fourth-order valence-electron chi connectivity index (χ4n) is 4.18. The van der Waals surface area contributed by atoms with Crippen molar-refractivity contribution in [3.05, 3.63) is 66.3 Å². The second-order valence-corrected chi connectivity index (χ2v) is 8.20. The van der Waals surface area contributed by atoms with Crippen LogP contribution in [0.25, 0.3) is 16.9 Å². The number of nitrogens with zero attached hydrogens (tertiary/aromatic N) is 7. The number of hydrogen-bond donors (Lipinski definition) is 3. The third-order valence-corrected chi connectivity index (χ3v) is 6.02. The van der Waals surface area contributed by atoms with Gasteiger partial charge in [0.2, 0.25) is 5.88 Å². The van der Waals surface area contributed by atoms with E-state index in [1.165, 1.54) is 30.4 Å². The van der Waals surface area contributed by atoms with Crippen LogP contribution in [0.5, 0.6) is 5.88 Å². The number of aromatic nitrogens is 7. The van der Waals surface area contributed by atoms with Crippen molar-refractivity contribution < 1.29 is 38.0 Å². The van der Waals surface area contributed by atoms with Gasteiger partial charge in [-0.05, 0) is 18.2 Å². The van der Waals surface area contributed by atoms with Gasteiger partial charge in [0.15, 0.2) is 23.3 Å². The van der Waals surface area contributed by atoms with Crippen molar-refractivity contribution in [2.24, 2.45) is 0 Å². The van der Waals surface area contributed by atoms with Crippen molar-refractivity contribution in [1.82, 2.24) is 34.7 Å². The lowest BCUT2D eigenvalue weighted by atomic mass is 9.92. The summed E-state index contributed by atoms with van der Waals surface area (Å²) in [5, 5.41) is 47.7. The summed E-state index contributed by atoms with van der Waals surface area (Å²) in [6.07, 6.45) is -1.26. The Kier molecular flexibility index (Phi) is 6.59. The molecule has 3 aromatic heterocycles. The topological polar surface area (TPSA) is 153 Å². The molecule has 0 saturated carbocycles. The monoisotopic (exact) mass is 519 g/mol. The van der Waals surface area contributed by atoms with Crippen LogP contribution in [0.2, 0.25) is 0 Å². The maximum atomic E-state index is 13.7. The first kappa shape index (κ1) is 24.8. The van der Waals surface area contributed by atoms with Gasteiger partial charge in [0.05, 0.1) is 25.6 Å². The molecule has 1 saturated heterocycles. The standard InChI is InChI=1S/C22H20F3N7O5/c1-36-16-6-11(2-3-26-16)31-9-27-29-22(31)21-20(35)18(19(34)15(8-33)37-21)32-7-14(28-30-32)10-4-12(23)17(25)13(24)5-10/h2-7,9,15,18-21,33-35H,8H2,1H3/t15-,18+,19+,20-,21-/m1/s1. The quantitative estimate of drug-likeness (QED) is 0.311. The van der Waals surface area contributed by atoms with E-state index in [1.54, 1.807) is 12.1 Å². The third-order valence-electron chi connectivity index (χ3n) is 6.02. The van der Waals surface area contributed by atoms with Gasteiger partial charge in [-0.3, -0.25) is 4.57 Å². The molecule has 194 valence electrons. The third kappa shape index (κ3) is 4.42. The van der Waals surface area contributed by atoms with Gasteiger partial charge < -0.3 is 24.8 Å². The maximum Gasteiger partial charge on any atom is 0.215 e. The van der Waals surface area contributed by atoms with Crippen LogP contribution in [0.15, 0.2) is 43.0 Å². The molecule has 0 unspecified atom stereocenters. The molecule has 1 fully saturated rings. The molecule has 0 amide bonds. The minimum absolute atomic E-state index is 0.0483.